The molecule has 0 saturated heterocycles. The zero-order valence-corrected chi connectivity index (χ0v) is 12.8. The second-order valence-corrected chi connectivity index (χ2v) is 5.36. The summed E-state index contributed by atoms with van der Waals surface area (Å²) in [7, 11) is 1.68. The summed E-state index contributed by atoms with van der Waals surface area (Å²) in [6.07, 6.45) is 0. The summed E-state index contributed by atoms with van der Waals surface area (Å²) in [5, 5.41) is 3.22. The van der Waals surface area contributed by atoms with Crippen LogP contribution >= 0.6 is 11.8 Å². The molecule has 5 heteroatoms. The number of hydrogen-bond donors (Lipinski definition) is 1. The third-order valence-electron chi connectivity index (χ3n) is 2.67. The highest BCUT2D eigenvalue weighted by Gasteiger charge is 2.04. The monoisotopic (exact) mass is 289 g/mol. The van der Waals surface area contributed by atoms with E-state index in [1.807, 2.05) is 31.2 Å². The maximum absolute atomic E-state index is 5.22. The molecule has 2 aromatic rings. The minimum Gasteiger partial charge on any atom is -0.497 e. The van der Waals surface area contributed by atoms with E-state index >= 15 is 0 Å². The number of ether oxygens (including phenoxy) is 1. The number of hydrogen-bond acceptors (Lipinski definition) is 5. The van der Waals surface area contributed by atoms with Crippen molar-refractivity contribution in [3.63, 3.8) is 0 Å². The number of aromatic nitrogens is 2. The highest BCUT2D eigenvalue weighted by molar-refractivity contribution is 7.98. The number of anilines is 1. The van der Waals surface area contributed by atoms with E-state index in [9.17, 15) is 0 Å². The molecule has 0 aliphatic carbocycles. The van der Waals surface area contributed by atoms with Crippen molar-refractivity contribution in [2.75, 3.05) is 19.0 Å². The molecule has 0 aliphatic rings. The van der Waals surface area contributed by atoms with E-state index in [1.54, 1.807) is 18.9 Å². The van der Waals surface area contributed by atoms with Gasteiger partial charge in [0.05, 0.1) is 12.9 Å². The van der Waals surface area contributed by atoms with Crippen LogP contribution in [0.3, 0.4) is 0 Å². The zero-order chi connectivity index (χ0) is 14.4. The summed E-state index contributed by atoms with van der Waals surface area (Å²) in [4.78, 5) is 10.1. The lowest BCUT2D eigenvalue weighted by molar-refractivity contribution is 0.413. The quantitative estimate of drug-likeness (QED) is 0.824. The van der Waals surface area contributed by atoms with Gasteiger partial charge in [0.15, 0.2) is 0 Å². The summed E-state index contributed by atoms with van der Waals surface area (Å²) in [5.41, 5.74) is 0.984. The molecule has 0 fully saturated rings. The van der Waals surface area contributed by atoms with Crippen LogP contribution in [-0.4, -0.2) is 23.6 Å². The molecule has 0 aliphatic heterocycles. The molecular weight excluding hydrogens is 270 g/mol. The van der Waals surface area contributed by atoms with Crippen molar-refractivity contribution < 1.29 is 4.74 Å². The first-order chi connectivity index (χ1) is 9.71. The van der Waals surface area contributed by atoms with Crippen LogP contribution in [0.4, 0.5) is 5.82 Å². The molecule has 1 heterocycles. The van der Waals surface area contributed by atoms with Gasteiger partial charge in [-0.1, -0.05) is 6.07 Å². The highest BCUT2D eigenvalue weighted by atomic mass is 32.2. The van der Waals surface area contributed by atoms with Crippen molar-refractivity contribution in [1.29, 1.82) is 0 Å². The normalized spacial score (nSPS) is 10.3. The van der Waals surface area contributed by atoms with E-state index in [4.69, 9.17) is 4.74 Å². The first-order valence-corrected chi connectivity index (χ1v) is 7.55. The zero-order valence-electron chi connectivity index (χ0n) is 12.0. The summed E-state index contributed by atoms with van der Waals surface area (Å²) in [5.74, 6) is 3.34. The van der Waals surface area contributed by atoms with Gasteiger partial charge in [-0.2, -0.15) is 0 Å². The molecule has 0 atom stereocenters. The van der Waals surface area contributed by atoms with E-state index in [1.165, 1.54) is 0 Å². The van der Waals surface area contributed by atoms with Crippen LogP contribution < -0.4 is 10.1 Å². The van der Waals surface area contributed by atoms with Gasteiger partial charge in [0.2, 0.25) is 0 Å². The average molecular weight is 289 g/mol. The molecule has 1 N–H and O–H groups in total. The van der Waals surface area contributed by atoms with E-state index in [0.29, 0.717) is 0 Å². The number of nitrogens with zero attached hydrogens (tertiary/aromatic N) is 2. The Kier molecular flexibility index (Phi) is 5.24. The van der Waals surface area contributed by atoms with Gasteiger partial charge in [0.1, 0.15) is 17.4 Å². The SMILES string of the molecule is CCNc1cc(C)nc(CSc2cccc(OC)c2)n1. The van der Waals surface area contributed by atoms with Gasteiger partial charge < -0.3 is 10.1 Å². The van der Waals surface area contributed by atoms with Gasteiger partial charge in [0.25, 0.3) is 0 Å². The molecule has 106 valence electrons. The smallest absolute Gasteiger partial charge is 0.141 e. The molecule has 1 aromatic carbocycles. The lowest BCUT2D eigenvalue weighted by Gasteiger charge is -2.07. The maximum atomic E-state index is 5.22. The fourth-order valence-corrected chi connectivity index (χ4v) is 2.60. The van der Waals surface area contributed by atoms with Gasteiger partial charge in [-0.05, 0) is 32.0 Å². The van der Waals surface area contributed by atoms with Gasteiger partial charge in [-0.3, -0.25) is 0 Å². The Morgan fingerprint density at radius 3 is 2.85 bits per heavy atom. The predicted octanol–water partition coefficient (Wildman–Crippen LogP) is 3.52. The van der Waals surface area contributed by atoms with Crippen LogP contribution in [0.2, 0.25) is 0 Å². The molecule has 2 rings (SSSR count). The second kappa shape index (κ2) is 7.14. The van der Waals surface area contributed by atoms with Crippen LogP contribution in [-0.2, 0) is 5.75 Å². The molecule has 1 aromatic heterocycles. The molecule has 4 nitrogen and oxygen atoms in total. The molecule has 0 unspecified atom stereocenters. The van der Waals surface area contributed by atoms with E-state index in [0.717, 1.165) is 40.3 Å². The van der Waals surface area contributed by atoms with Crippen molar-refractivity contribution in [1.82, 2.24) is 9.97 Å². The lowest BCUT2D eigenvalue weighted by Crippen LogP contribution is -2.04. The number of nitrogens with one attached hydrogen (secondary N) is 1. The Labute approximate surface area is 124 Å². The van der Waals surface area contributed by atoms with Gasteiger partial charge in [-0.15, -0.1) is 11.8 Å². The first-order valence-electron chi connectivity index (χ1n) is 6.56. The Balaban J connectivity index is 2.06. The topological polar surface area (TPSA) is 47.0 Å². The number of rotatable bonds is 6. The minimum atomic E-state index is 0.743. The fraction of sp³-hybridized carbons (Fsp3) is 0.333. The lowest BCUT2D eigenvalue weighted by atomic mass is 10.3. The van der Waals surface area contributed by atoms with Crippen LogP contribution in [0.25, 0.3) is 0 Å². The average Bonchev–Trinajstić information content (AvgIpc) is 2.45. The van der Waals surface area contributed by atoms with Gasteiger partial charge >= 0.3 is 0 Å². The number of aryl methyl sites for hydroxylation is 1. The van der Waals surface area contributed by atoms with Crippen molar-refractivity contribution >= 4 is 17.6 Å². The van der Waals surface area contributed by atoms with Gasteiger partial charge in [-0.25, -0.2) is 9.97 Å². The van der Waals surface area contributed by atoms with Gasteiger partial charge in [0, 0.05) is 23.2 Å². The number of thioether (sulfide) groups is 1. The summed E-state index contributed by atoms with van der Waals surface area (Å²) in [6.45, 7) is 4.91. The molecule has 0 amide bonds. The van der Waals surface area contributed by atoms with Crippen LogP contribution in [0, 0.1) is 6.92 Å². The van der Waals surface area contributed by atoms with Crippen molar-refractivity contribution in [3.8, 4) is 5.75 Å². The summed E-state index contributed by atoms with van der Waals surface area (Å²) >= 11 is 1.71. The van der Waals surface area contributed by atoms with Crippen molar-refractivity contribution in [2.45, 2.75) is 24.5 Å². The maximum Gasteiger partial charge on any atom is 0.141 e. The highest BCUT2D eigenvalue weighted by Crippen LogP contribution is 2.25. The Bertz CT molecular complexity index is 575. The number of methoxy groups -OCH3 is 1. The molecular formula is C15H19N3OS. The fourth-order valence-electron chi connectivity index (χ4n) is 1.81. The molecule has 0 saturated carbocycles. The molecule has 0 radical (unpaired) electrons. The van der Waals surface area contributed by atoms with E-state index in [-0.39, 0.29) is 0 Å². The Morgan fingerprint density at radius 2 is 2.10 bits per heavy atom. The molecule has 0 spiro atoms. The second-order valence-electron chi connectivity index (χ2n) is 4.31. The molecule has 0 bridgehead atoms. The first kappa shape index (κ1) is 14.7. The molecule has 20 heavy (non-hydrogen) atoms. The third kappa shape index (κ3) is 4.13. The Morgan fingerprint density at radius 1 is 1.25 bits per heavy atom. The van der Waals surface area contributed by atoms with Crippen LogP contribution in [0.15, 0.2) is 35.2 Å². The van der Waals surface area contributed by atoms with Crippen molar-refractivity contribution in [2.24, 2.45) is 0 Å². The largest absolute Gasteiger partial charge is 0.497 e. The van der Waals surface area contributed by atoms with E-state index < -0.39 is 0 Å². The Hall–Kier alpha value is -1.75. The predicted molar refractivity (Wildman–Crippen MR) is 83.5 cm³/mol. The summed E-state index contributed by atoms with van der Waals surface area (Å²) < 4.78 is 5.22. The minimum absolute atomic E-state index is 0.743. The van der Waals surface area contributed by atoms with Crippen LogP contribution in [0.5, 0.6) is 5.75 Å². The van der Waals surface area contributed by atoms with Crippen molar-refractivity contribution in [3.05, 3.63) is 41.9 Å². The third-order valence-corrected chi connectivity index (χ3v) is 3.66. The van der Waals surface area contributed by atoms with E-state index in [2.05, 4.69) is 28.3 Å². The standard InChI is InChI=1S/C15H19N3OS/c1-4-16-14-8-11(2)17-15(18-14)10-20-13-7-5-6-12(9-13)19-3/h5-9H,4,10H2,1-3H3,(H,16,17,18). The van der Waals surface area contributed by atoms with Crippen LogP contribution in [0.1, 0.15) is 18.4 Å². The summed E-state index contributed by atoms with van der Waals surface area (Å²) in [6, 6.07) is 9.97. The number of benzene rings is 1.